The van der Waals surface area contributed by atoms with Gasteiger partial charge in [0, 0.05) is 6.61 Å². The number of H-pyrrole nitrogens is 1. The lowest BCUT2D eigenvalue weighted by atomic mass is 10.2. The topological polar surface area (TPSA) is 29.9 Å². The summed E-state index contributed by atoms with van der Waals surface area (Å²) in [5.74, 6) is 0. The van der Waals surface area contributed by atoms with Gasteiger partial charge in [0.25, 0.3) is 0 Å². The van der Waals surface area contributed by atoms with E-state index >= 15 is 0 Å². The number of benzene rings is 1. The fraction of sp³-hybridized carbons (Fsp3) is 0.417. The first-order valence-electron chi connectivity index (χ1n) is 5.54. The first kappa shape index (κ1) is 10.1. The molecule has 0 aliphatic carbocycles. The third-order valence-electron chi connectivity index (χ3n) is 3.14. The van der Waals surface area contributed by atoms with Crippen LogP contribution < -0.4 is 0 Å². The fourth-order valence-electron chi connectivity index (χ4n) is 2.33. The van der Waals surface area contributed by atoms with Crippen LogP contribution >= 0.6 is 12.2 Å². The second-order valence-electron chi connectivity index (χ2n) is 4.34. The fourth-order valence-corrected chi connectivity index (χ4v) is 2.69. The number of nitrogens with one attached hydrogen (secondary N) is 1. The van der Waals surface area contributed by atoms with Crippen LogP contribution in [0.2, 0.25) is 0 Å². The molecule has 16 heavy (non-hydrogen) atoms. The maximum atomic E-state index is 5.43. The molecular formula is C12H14N2OS. The van der Waals surface area contributed by atoms with Crippen molar-refractivity contribution in [2.75, 3.05) is 13.2 Å². The zero-order chi connectivity index (χ0) is 11.1. The molecule has 1 aromatic heterocycles. The Balaban J connectivity index is 2.23. The van der Waals surface area contributed by atoms with Gasteiger partial charge < -0.3 is 14.3 Å². The molecule has 3 nitrogen and oxygen atoms in total. The molecule has 84 valence electrons. The molecule has 1 unspecified atom stereocenters. The van der Waals surface area contributed by atoms with E-state index in [0.717, 1.165) is 29.9 Å². The van der Waals surface area contributed by atoms with Crippen molar-refractivity contribution in [2.24, 2.45) is 0 Å². The predicted octanol–water partition coefficient (Wildman–Crippen LogP) is 2.97. The van der Waals surface area contributed by atoms with Crippen molar-refractivity contribution >= 4 is 23.3 Å². The monoisotopic (exact) mass is 234 g/mol. The van der Waals surface area contributed by atoms with Gasteiger partial charge in [-0.15, -0.1) is 0 Å². The summed E-state index contributed by atoms with van der Waals surface area (Å²) in [6, 6.07) is 6.79. The summed E-state index contributed by atoms with van der Waals surface area (Å²) in [6.45, 7) is 3.70. The van der Waals surface area contributed by atoms with Crippen molar-refractivity contribution in [1.82, 2.24) is 9.55 Å². The van der Waals surface area contributed by atoms with E-state index in [1.165, 1.54) is 11.1 Å². The lowest BCUT2D eigenvalue weighted by Crippen LogP contribution is -2.08. The number of ether oxygens (including phenoxy) is 1. The molecule has 0 spiro atoms. The standard InChI is InChI=1S/C12H14N2OS/c1-8-2-3-11-10(6-8)13-12(16)14(11)9-4-5-15-7-9/h2-3,6,9H,4-5,7H2,1H3,(H,13,16). The van der Waals surface area contributed by atoms with E-state index in [9.17, 15) is 0 Å². The van der Waals surface area contributed by atoms with E-state index in [0.29, 0.717) is 6.04 Å². The van der Waals surface area contributed by atoms with Gasteiger partial charge >= 0.3 is 0 Å². The zero-order valence-corrected chi connectivity index (χ0v) is 10.0. The largest absolute Gasteiger partial charge is 0.379 e. The predicted molar refractivity (Wildman–Crippen MR) is 66.3 cm³/mol. The molecule has 1 saturated heterocycles. The van der Waals surface area contributed by atoms with Crippen molar-refractivity contribution < 1.29 is 4.74 Å². The third-order valence-corrected chi connectivity index (χ3v) is 3.44. The molecule has 3 rings (SSSR count). The van der Waals surface area contributed by atoms with Crippen LogP contribution in [0.4, 0.5) is 0 Å². The number of hydrogen-bond acceptors (Lipinski definition) is 2. The Kier molecular flexibility index (Phi) is 2.33. The molecule has 2 aromatic rings. The van der Waals surface area contributed by atoms with Gasteiger partial charge in [0.15, 0.2) is 4.77 Å². The lowest BCUT2D eigenvalue weighted by Gasteiger charge is -2.10. The number of rotatable bonds is 1. The van der Waals surface area contributed by atoms with Gasteiger partial charge in [-0.05, 0) is 43.3 Å². The molecule has 1 aliphatic rings. The highest BCUT2D eigenvalue weighted by Gasteiger charge is 2.20. The number of aromatic amines is 1. The smallest absolute Gasteiger partial charge is 0.178 e. The zero-order valence-electron chi connectivity index (χ0n) is 9.19. The van der Waals surface area contributed by atoms with Gasteiger partial charge in [-0.2, -0.15) is 0 Å². The first-order chi connectivity index (χ1) is 7.75. The SMILES string of the molecule is Cc1ccc2c(c1)[nH]c(=S)n2C1CCOC1. The number of hydrogen-bond donors (Lipinski definition) is 1. The van der Waals surface area contributed by atoms with Crippen LogP contribution in [0, 0.1) is 11.7 Å². The number of imidazole rings is 1. The summed E-state index contributed by atoms with van der Waals surface area (Å²) in [5.41, 5.74) is 3.56. The normalized spacial score (nSPS) is 20.7. The van der Waals surface area contributed by atoms with Crippen LogP contribution in [-0.4, -0.2) is 22.8 Å². The average molecular weight is 234 g/mol. The Hall–Kier alpha value is -1.13. The van der Waals surface area contributed by atoms with Crippen molar-refractivity contribution in [3.63, 3.8) is 0 Å². The van der Waals surface area contributed by atoms with E-state index in [1.807, 2.05) is 0 Å². The van der Waals surface area contributed by atoms with Crippen molar-refractivity contribution in [3.8, 4) is 0 Å². The second-order valence-corrected chi connectivity index (χ2v) is 4.72. The van der Waals surface area contributed by atoms with E-state index in [4.69, 9.17) is 17.0 Å². The number of fused-ring (bicyclic) bond motifs is 1. The summed E-state index contributed by atoms with van der Waals surface area (Å²) in [7, 11) is 0. The highest BCUT2D eigenvalue weighted by Crippen LogP contribution is 2.25. The second kappa shape index (κ2) is 3.71. The summed E-state index contributed by atoms with van der Waals surface area (Å²) in [4.78, 5) is 3.27. The minimum absolute atomic E-state index is 0.393. The highest BCUT2D eigenvalue weighted by atomic mass is 32.1. The van der Waals surface area contributed by atoms with Crippen LogP contribution in [-0.2, 0) is 4.74 Å². The maximum absolute atomic E-state index is 5.43. The molecule has 0 bridgehead atoms. The molecule has 1 fully saturated rings. The number of aromatic nitrogens is 2. The summed E-state index contributed by atoms with van der Waals surface area (Å²) in [5, 5.41) is 0. The van der Waals surface area contributed by atoms with Gasteiger partial charge in [-0.3, -0.25) is 0 Å². The van der Waals surface area contributed by atoms with Crippen molar-refractivity contribution in [3.05, 3.63) is 28.5 Å². The summed E-state index contributed by atoms with van der Waals surface area (Å²) >= 11 is 5.38. The lowest BCUT2D eigenvalue weighted by molar-refractivity contribution is 0.187. The average Bonchev–Trinajstić information content (AvgIpc) is 2.83. The molecule has 2 heterocycles. The van der Waals surface area contributed by atoms with Gasteiger partial charge in [-0.25, -0.2) is 0 Å². The van der Waals surface area contributed by atoms with Crippen molar-refractivity contribution in [2.45, 2.75) is 19.4 Å². The van der Waals surface area contributed by atoms with Crippen LogP contribution in [0.1, 0.15) is 18.0 Å². The van der Waals surface area contributed by atoms with Crippen LogP contribution in [0.5, 0.6) is 0 Å². The Bertz CT molecular complexity index is 578. The van der Waals surface area contributed by atoms with Crippen LogP contribution in [0.25, 0.3) is 11.0 Å². The molecule has 1 N–H and O–H groups in total. The Labute approximate surface area is 99.0 Å². The minimum atomic E-state index is 0.393. The van der Waals surface area contributed by atoms with E-state index in [2.05, 4.69) is 34.7 Å². The van der Waals surface area contributed by atoms with Crippen LogP contribution in [0.3, 0.4) is 0 Å². The van der Waals surface area contributed by atoms with Crippen LogP contribution in [0.15, 0.2) is 18.2 Å². The summed E-state index contributed by atoms with van der Waals surface area (Å²) in [6.07, 6.45) is 1.05. The number of aryl methyl sites for hydroxylation is 1. The molecule has 1 atom stereocenters. The maximum Gasteiger partial charge on any atom is 0.178 e. The van der Waals surface area contributed by atoms with E-state index < -0.39 is 0 Å². The molecule has 0 radical (unpaired) electrons. The summed E-state index contributed by atoms with van der Waals surface area (Å²) < 4.78 is 8.42. The van der Waals surface area contributed by atoms with Gasteiger partial charge in [0.2, 0.25) is 0 Å². The van der Waals surface area contributed by atoms with Crippen molar-refractivity contribution in [1.29, 1.82) is 0 Å². The molecule has 0 amide bonds. The Morgan fingerprint density at radius 1 is 1.50 bits per heavy atom. The van der Waals surface area contributed by atoms with Gasteiger partial charge in [0.05, 0.1) is 23.7 Å². The first-order valence-corrected chi connectivity index (χ1v) is 5.95. The Morgan fingerprint density at radius 3 is 3.12 bits per heavy atom. The van der Waals surface area contributed by atoms with Gasteiger partial charge in [0.1, 0.15) is 0 Å². The molecular weight excluding hydrogens is 220 g/mol. The molecule has 4 heteroatoms. The van der Waals surface area contributed by atoms with E-state index in [-0.39, 0.29) is 0 Å². The Morgan fingerprint density at radius 2 is 2.38 bits per heavy atom. The quantitative estimate of drug-likeness (QED) is 0.769. The van der Waals surface area contributed by atoms with E-state index in [1.54, 1.807) is 0 Å². The molecule has 1 aromatic carbocycles. The number of nitrogens with zero attached hydrogens (tertiary/aromatic N) is 1. The molecule has 0 saturated carbocycles. The van der Waals surface area contributed by atoms with Gasteiger partial charge in [-0.1, -0.05) is 6.07 Å². The minimum Gasteiger partial charge on any atom is -0.379 e. The third kappa shape index (κ3) is 1.49. The molecule has 1 aliphatic heterocycles. The highest BCUT2D eigenvalue weighted by molar-refractivity contribution is 7.71.